The summed E-state index contributed by atoms with van der Waals surface area (Å²) in [7, 11) is -1.69. The average molecular weight is 150 g/mol. The van der Waals surface area contributed by atoms with Gasteiger partial charge in [-0.05, 0) is 13.8 Å². The van der Waals surface area contributed by atoms with Gasteiger partial charge in [-0.2, -0.15) is 0 Å². The number of hydrogen-bond donors (Lipinski definition) is 0. The van der Waals surface area contributed by atoms with Gasteiger partial charge in [0.25, 0.3) is 0 Å². The quantitative estimate of drug-likeness (QED) is 0.570. The zero-order valence-electron chi connectivity index (χ0n) is 6.39. The summed E-state index contributed by atoms with van der Waals surface area (Å²) in [6, 6.07) is 0. The highest BCUT2D eigenvalue weighted by atomic mass is 31.2. The van der Waals surface area contributed by atoms with Crippen molar-refractivity contribution in [2.24, 2.45) is 0 Å². The first-order valence-electron chi connectivity index (χ1n) is 3.12. The number of hydrogen-bond acceptors (Lipinski definition) is 2. The molecule has 0 aromatic carbocycles. The Morgan fingerprint density at radius 3 is 1.78 bits per heavy atom. The molecule has 0 heterocycles. The summed E-state index contributed by atoms with van der Waals surface area (Å²) in [5.41, 5.74) is 0. The molecule has 56 valence electrons. The van der Waals surface area contributed by atoms with Crippen molar-refractivity contribution in [3.05, 3.63) is 0 Å². The molecule has 0 aliphatic carbocycles. The SMILES string of the molecule is C=P(C)(OCC)OCC. The van der Waals surface area contributed by atoms with Gasteiger partial charge < -0.3 is 9.05 Å². The molecule has 0 aromatic heterocycles. The lowest BCUT2D eigenvalue weighted by atomic mass is 10.9. The second-order valence-corrected chi connectivity index (χ2v) is 4.39. The standard InChI is InChI=1S/C6H15O2P/c1-5-7-9(3,4)8-6-2/h3,5-6H2,1-2,4H3. The van der Waals surface area contributed by atoms with Crippen LogP contribution in [-0.4, -0.2) is 26.2 Å². The van der Waals surface area contributed by atoms with Crippen LogP contribution >= 0.6 is 7.34 Å². The van der Waals surface area contributed by atoms with E-state index in [1.54, 1.807) is 0 Å². The van der Waals surface area contributed by atoms with Crippen molar-refractivity contribution in [2.45, 2.75) is 13.8 Å². The van der Waals surface area contributed by atoms with Crippen LogP contribution in [0.5, 0.6) is 0 Å². The van der Waals surface area contributed by atoms with Gasteiger partial charge in [-0.1, -0.05) is 6.30 Å². The van der Waals surface area contributed by atoms with Crippen LogP contribution in [-0.2, 0) is 9.05 Å². The fourth-order valence-electron chi connectivity index (χ4n) is 0.583. The van der Waals surface area contributed by atoms with Crippen molar-refractivity contribution in [1.29, 1.82) is 0 Å². The van der Waals surface area contributed by atoms with Crippen molar-refractivity contribution in [1.82, 2.24) is 0 Å². The molecule has 0 aliphatic heterocycles. The molecular weight excluding hydrogens is 135 g/mol. The van der Waals surface area contributed by atoms with Crippen molar-refractivity contribution < 1.29 is 9.05 Å². The van der Waals surface area contributed by atoms with Gasteiger partial charge in [0.15, 0.2) is 0 Å². The maximum absolute atomic E-state index is 5.25. The van der Waals surface area contributed by atoms with Crippen LogP contribution in [0.1, 0.15) is 13.8 Å². The zero-order chi connectivity index (χ0) is 7.33. The van der Waals surface area contributed by atoms with E-state index in [4.69, 9.17) is 9.05 Å². The fourth-order valence-corrected chi connectivity index (χ4v) is 1.75. The topological polar surface area (TPSA) is 18.5 Å². The molecule has 0 radical (unpaired) electrons. The molecule has 0 saturated heterocycles. The molecule has 0 aromatic rings. The molecule has 0 amide bonds. The van der Waals surface area contributed by atoms with Crippen molar-refractivity contribution in [3.63, 3.8) is 0 Å². The summed E-state index contributed by atoms with van der Waals surface area (Å²) in [4.78, 5) is 0. The Morgan fingerprint density at radius 1 is 1.22 bits per heavy atom. The molecule has 2 nitrogen and oxygen atoms in total. The van der Waals surface area contributed by atoms with E-state index in [9.17, 15) is 0 Å². The Morgan fingerprint density at radius 2 is 1.56 bits per heavy atom. The zero-order valence-corrected chi connectivity index (χ0v) is 7.28. The Labute approximate surface area is 57.3 Å². The molecule has 0 fully saturated rings. The average Bonchev–Trinajstić information content (AvgIpc) is 1.64. The smallest absolute Gasteiger partial charge is 0.114 e. The Bertz CT molecular complexity index is 102. The van der Waals surface area contributed by atoms with Crippen LogP contribution in [0, 0.1) is 0 Å². The van der Waals surface area contributed by atoms with E-state index in [0.29, 0.717) is 13.2 Å². The Hall–Kier alpha value is 0.220. The fraction of sp³-hybridized carbons (Fsp3) is 0.833. The third-order valence-corrected chi connectivity index (χ3v) is 2.41. The van der Waals surface area contributed by atoms with Crippen molar-refractivity contribution in [3.8, 4) is 0 Å². The van der Waals surface area contributed by atoms with E-state index in [1.165, 1.54) is 0 Å². The van der Waals surface area contributed by atoms with Crippen molar-refractivity contribution >= 4 is 13.6 Å². The Kier molecular flexibility index (Phi) is 4.20. The first kappa shape index (κ1) is 9.22. The third kappa shape index (κ3) is 4.71. The molecule has 0 rings (SSSR count). The predicted octanol–water partition coefficient (Wildman–Crippen LogP) is 1.97. The maximum atomic E-state index is 5.25. The summed E-state index contributed by atoms with van der Waals surface area (Å²) in [6.45, 7) is 7.19. The minimum atomic E-state index is -1.69. The lowest BCUT2D eigenvalue weighted by Gasteiger charge is -2.17. The highest BCUT2D eigenvalue weighted by Crippen LogP contribution is 2.42. The largest absolute Gasteiger partial charge is 0.338 e. The summed E-state index contributed by atoms with van der Waals surface area (Å²) in [5.74, 6) is 0. The second kappa shape index (κ2) is 4.10. The van der Waals surface area contributed by atoms with E-state index >= 15 is 0 Å². The first-order chi connectivity index (χ1) is 4.12. The molecule has 0 unspecified atom stereocenters. The minimum Gasteiger partial charge on any atom is -0.338 e. The Balaban J connectivity index is 3.58. The maximum Gasteiger partial charge on any atom is 0.114 e. The van der Waals surface area contributed by atoms with Crippen LogP contribution in [0.15, 0.2) is 0 Å². The molecular formula is C6H15O2P. The van der Waals surface area contributed by atoms with Gasteiger partial charge in [-0.25, -0.2) is 0 Å². The highest BCUT2D eigenvalue weighted by molar-refractivity contribution is 7.63. The summed E-state index contributed by atoms with van der Waals surface area (Å²) < 4.78 is 10.5. The predicted molar refractivity (Wildman–Crippen MR) is 43.2 cm³/mol. The van der Waals surface area contributed by atoms with Crippen LogP contribution in [0.2, 0.25) is 0 Å². The molecule has 0 N–H and O–H groups in total. The van der Waals surface area contributed by atoms with E-state index in [2.05, 4.69) is 6.30 Å². The first-order valence-corrected chi connectivity index (χ1v) is 5.38. The van der Waals surface area contributed by atoms with Gasteiger partial charge >= 0.3 is 0 Å². The van der Waals surface area contributed by atoms with Crippen LogP contribution in [0.3, 0.4) is 0 Å². The van der Waals surface area contributed by atoms with E-state index in [0.717, 1.165) is 0 Å². The van der Waals surface area contributed by atoms with Gasteiger partial charge in [-0.3, -0.25) is 0 Å². The molecule has 3 heteroatoms. The van der Waals surface area contributed by atoms with Crippen molar-refractivity contribution in [2.75, 3.05) is 19.9 Å². The highest BCUT2D eigenvalue weighted by Gasteiger charge is 2.03. The minimum absolute atomic E-state index is 0.688. The number of rotatable bonds is 4. The molecule has 9 heavy (non-hydrogen) atoms. The lowest BCUT2D eigenvalue weighted by Crippen LogP contribution is -1.92. The molecule has 0 spiro atoms. The molecule has 0 saturated carbocycles. The molecule has 0 atom stereocenters. The van der Waals surface area contributed by atoms with E-state index < -0.39 is 7.34 Å². The summed E-state index contributed by atoms with van der Waals surface area (Å²) in [5, 5.41) is 0. The monoisotopic (exact) mass is 150 g/mol. The van der Waals surface area contributed by atoms with Gasteiger partial charge in [0, 0.05) is 6.66 Å². The van der Waals surface area contributed by atoms with Crippen LogP contribution in [0.25, 0.3) is 0 Å². The van der Waals surface area contributed by atoms with Gasteiger partial charge in [0.1, 0.15) is 7.34 Å². The van der Waals surface area contributed by atoms with Gasteiger partial charge in [-0.15, -0.1) is 0 Å². The van der Waals surface area contributed by atoms with E-state index in [1.807, 2.05) is 20.5 Å². The molecule has 0 aliphatic rings. The van der Waals surface area contributed by atoms with E-state index in [-0.39, 0.29) is 0 Å². The second-order valence-electron chi connectivity index (χ2n) is 1.85. The lowest BCUT2D eigenvalue weighted by molar-refractivity contribution is 0.270. The summed E-state index contributed by atoms with van der Waals surface area (Å²) in [6.07, 6.45) is 3.82. The normalized spacial score (nSPS) is 11.9. The van der Waals surface area contributed by atoms with Gasteiger partial charge in [0.05, 0.1) is 13.2 Å². The molecule has 0 bridgehead atoms. The third-order valence-electron chi connectivity index (χ3n) is 0.804. The van der Waals surface area contributed by atoms with Gasteiger partial charge in [0.2, 0.25) is 0 Å². The summed E-state index contributed by atoms with van der Waals surface area (Å²) >= 11 is 0. The van der Waals surface area contributed by atoms with Crippen LogP contribution < -0.4 is 0 Å². The van der Waals surface area contributed by atoms with Crippen LogP contribution in [0.4, 0.5) is 0 Å².